The zero-order valence-corrected chi connectivity index (χ0v) is 12.5. The topological polar surface area (TPSA) is 38.1 Å². The summed E-state index contributed by atoms with van der Waals surface area (Å²) in [5, 5.41) is 4.59. The number of aromatic nitrogens is 1. The number of hydrogen-bond donors (Lipinski definition) is 1. The van der Waals surface area contributed by atoms with Gasteiger partial charge in [-0.1, -0.05) is 32.0 Å². The van der Waals surface area contributed by atoms with Crippen LogP contribution in [0.1, 0.15) is 19.7 Å². The second kappa shape index (κ2) is 5.77. The number of benzene rings is 1. The monoisotopic (exact) mass is 286 g/mol. The summed E-state index contributed by atoms with van der Waals surface area (Å²) in [6.07, 6.45) is 1.82. The van der Waals surface area contributed by atoms with E-state index in [0.717, 1.165) is 23.1 Å². The molecule has 0 bridgehead atoms. The lowest BCUT2D eigenvalue weighted by Gasteiger charge is -2.04. The molecule has 1 N–H and O–H groups in total. The molecular formula is C16H18N2OS. The third kappa shape index (κ3) is 2.92. The average Bonchev–Trinajstić information content (AvgIpc) is 3.03. The van der Waals surface area contributed by atoms with E-state index in [4.69, 9.17) is 4.42 Å². The Morgan fingerprint density at radius 3 is 2.95 bits per heavy atom. The Hall–Kier alpha value is -1.65. The Balaban J connectivity index is 1.75. The standard InChI is InChI=1S/C16H18N2OS/c1-11(2)8-17-10-16-18-9-13(19-16)15-7-12-5-3-4-6-14(12)20-15/h3-7,9,11,17H,8,10H2,1-2H3. The molecule has 3 nitrogen and oxygen atoms in total. The fourth-order valence-electron chi connectivity index (χ4n) is 2.08. The Morgan fingerprint density at radius 2 is 2.15 bits per heavy atom. The van der Waals surface area contributed by atoms with Crippen LogP contribution < -0.4 is 5.32 Å². The minimum atomic E-state index is 0.632. The van der Waals surface area contributed by atoms with Crippen molar-refractivity contribution in [1.29, 1.82) is 0 Å². The van der Waals surface area contributed by atoms with E-state index in [-0.39, 0.29) is 0 Å². The second-order valence-electron chi connectivity index (χ2n) is 5.29. The molecule has 0 amide bonds. The van der Waals surface area contributed by atoms with Crippen molar-refractivity contribution in [1.82, 2.24) is 10.3 Å². The van der Waals surface area contributed by atoms with E-state index in [1.54, 1.807) is 11.3 Å². The van der Waals surface area contributed by atoms with Crippen molar-refractivity contribution in [2.75, 3.05) is 6.54 Å². The normalized spacial score (nSPS) is 11.6. The van der Waals surface area contributed by atoms with Crippen molar-refractivity contribution in [2.45, 2.75) is 20.4 Å². The average molecular weight is 286 g/mol. The quantitative estimate of drug-likeness (QED) is 0.760. The minimum absolute atomic E-state index is 0.632. The summed E-state index contributed by atoms with van der Waals surface area (Å²) < 4.78 is 7.09. The van der Waals surface area contributed by atoms with E-state index in [1.807, 2.05) is 6.20 Å². The van der Waals surface area contributed by atoms with Crippen LogP contribution in [0.4, 0.5) is 0 Å². The molecule has 0 saturated heterocycles. The molecule has 3 aromatic rings. The zero-order chi connectivity index (χ0) is 13.9. The van der Waals surface area contributed by atoms with E-state index in [2.05, 4.69) is 54.5 Å². The summed E-state index contributed by atoms with van der Waals surface area (Å²) in [5.74, 6) is 2.23. The van der Waals surface area contributed by atoms with Crippen LogP contribution in [-0.4, -0.2) is 11.5 Å². The molecule has 0 saturated carbocycles. The number of fused-ring (bicyclic) bond motifs is 1. The maximum atomic E-state index is 5.82. The summed E-state index contributed by atoms with van der Waals surface area (Å²) in [6.45, 7) is 6.03. The van der Waals surface area contributed by atoms with Gasteiger partial charge in [-0.3, -0.25) is 0 Å². The molecule has 0 radical (unpaired) electrons. The van der Waals surface area contributed by atoms with Crippen LogP contribution in [0.3, 0.4) is 0 Å². The van der Waals surface area contributed by atoms with Gasteiger partial charge in [0.05, 0.1) is 17.6 Å². The first kappa shape index (κ1) is 13.3. The van der Waals surface area contributed by atoms with Gasteiger partial charge in [-0.05, 0) is 30.0 Å². The first-order chi connectivity index (χ1) is 9.72. The van der Waals surface area contributed by atoms with Gasteiger partial charge < -0.3 is 9.73 Å². The van der Waals surface area contributed by atoms with Crippen molar-refractivity contribution in [3.63, 3.8) is 0 Å². The number of hydrogen-bond acceptors (Lipinski definition) is 4. The molecule has 0 atom stereocenters. The highest BCUT2D eigenvalue weighted by Crippen LogP contribution is 2.33. The van der Waals surface area contributed by atoms with Crippen molar-refractivity contribution in [3.8, 4) is 10.6 Å². The predicted molar refractivity (Wildman–Crippen MR) is 83.9 cm³/mol. The molecule has 0 aliphatic rings. The Bertz CT molecular complexity index is 666. The molecule has 0 unspecified atom stereocenters. The number of nitrogens with one attached hydrogen (secondary N) is 1. The van der Waals surface area contributed by atoms with Gasteiger partial charge in [0.1, 0.15) is 0 Å². The van der Waals surface area contributed by atoms with Crippen molar-refractivity contribution < 1.29 is 4.42 Å². The summed E-state index contributed by atoms with van der Waals surface area (Å²) in [7, 11) is 0. The van der Waals surface area contributed by atoms with E-state index < -0.39 is 0 Å². The summed E-state index contributed by atoms with van der Waals surface area (Å²) in [5.41, 5.74) is 0. The van der Waals surface area contributed by atoms with Gasteiger partial charge in [-0.25, -0.2) is 4.98 Å². The third-order valence-corrected chi connectivity index (χ3v) is 4.18. The Morgan fingerprint density at radius 1 is 1.30 bits per heavy atom. The van der Waals surface area contributed by atoms with Crippen LogP contribution >= 0.6 is 11.3 Å². The van der Waals surface area contributed by atoms with Gasteiger partial charge >= 0.3 is 0 Å². The van der Waals surface area contributed by atoms with Gasteiger partial charge in [0.15, 0.2) is 5.76 Å². The molecule has 1 aromatic carbocycles. The van der Waals surface area contributed by atoms with Crippen LogP contribution in [0.25, 0.3) is 20.7 Å². The fraction of sp³-hybridized carbons (Fsp3) is 0.312. The molecule has 2 aromatic heterocycles. The SMILES string of the molecule is CC(C)CNCc1ncc(-c2cc3ccccc3s2)o1. The lowest BCUT2D eigenvalue weighted by molar-refractivity contribution is 0.459. The molecule has 20 heavy (non-hydrogen) atoms. The number of oxazole rings is 1. The van der Waals surface area contributed by atoms with Crippen LogP contribution in [0.15, 0.2) is 40.9 Å². The fourth-order valence-corrected chi connectivity index (χ4v) is 3.09. The first-order valence-corrected chi connectivity index (χ1v) is 7.68. The number of thiophene rings is 1. The van der Waals surface area contributed by atoms with E-state index >= 15 is 0 Å². The molecule has 0 aliphatic carbocycles. The third-order valence-electron chi connectivity index (χ3n) is 3.05. The van der Waals surface area contributed by atoms with Crippen LogP contribution in [0, 0.1) is 5.92 Å². The smallest absolute Gasteiger partial charge is 0.208 e. The lowest BCUT2D eigenvalue weighted by Crippen LogP contribution is -2.18. The van der Waals surface area contributed by atoms with Crippen LogP contribution in [-0.2, 0) is 6.54 Å². The van der Waals surface area contributed by atoms with Gasteiger partial charge in [-0.2, -0.15) is 0 Å². The first-order valence-electron chi connectivity index (χ1n) is 6.87. The predicted octanol–water partition coefficient (Wildman–Crippen LogP) is 4.30. The molecule has 4 heteroatoms. The molecule has 2 heterocycles. The summed E-state index contributed by atoms with van der Waals surface area (Å²) in [6, 6.07) is 10.5. The minimum Gasteiger partial charge on any atom is -0.438 e. The number of rotatable bonds is 5. The maximum absolute atomic E-state index is 5.82. The Kier molecular flexibility index (Phi) is 3.85. The van der Waals surface area contributed by atoms with E-state index in [0.29, 0.717) is 12.5 Å². The molecule has 3 rings (SSSR count). The maximum Gasteiger partial charge on any atom is 0.208 e. The Labute approximate surface area is 122 Å². The molecule has 0 spiro atoms. The molecule has 104 valence electrons. The van der Waals surface area contributed by atoms with Crippen LogP contribution in [0.5, 0.6) is 0 Å². The van der Waals surface area contributed by atoms with Crippen molar-refractivity contribution >= 4 is 21.4 Å². The largest absolute Gasteiger partial charge is 0.438 e. The summed E-state index contributed by atoms with van der Waals surface area (Å²) in [4.78, 5) is 5.47. The molecule has 0 aliphatic heterocycles. The highest BCUT2D eigenvalue weighted by Gasteiger charge is 2.09. The van der Waals surface area contributed by atoms with Crippen LogP contribution in [0.2, 0.25) is 0 Å². The van der Waals surface area contributed by atoms with E-state index in [1.165, 1.54) is 10.1 Å². The van der Waals surface area contributed by atoms with E-state index in [9.17, 15) is 0 Å². The highest BCUT2D eigenvalue weighted by atomic mass is 32.1. The number of nitrogens with zero attached hydrogens (tertiary/aromatic N) is 1. The molecule has 0 fully saturated rings. The van der Waals surface area contributed by atoms with Gasteiger partial charge in [0.25, 0.3) is 0 Å². The molecular weight excluding hydrogens is 268 g/mol. The van der Waals surface area contributed by atoms with Gasteiger partial charge in [0.2, 0.25) is 5.89 Å². The van der Waals surface area contributed by atoms with Crippen molar-refractivity contribution in [2.24, 2.45) is 5.92 Å². The van der Waals surface area contributed by atoms with Gasteiger partial charge in [-0.15, -0.1) is 11.3 Å². The van der Waals surface area contributed by atoms with Crippen molar-refractivity contribution in [3.05, 3.63) is 42.4 Å². The van der Waals surface area contributed by atoms with Gasteiger partial charge in [0, 0.05) is 4.70 Å². The lowest BCUT2D eigenvalue weighted by atomic mass is 10.2. The summed E-state index contributed by atoms with van der Waals surface area (Å²) >= 11 is 1.74. The highest BCUT2D eigenvalue weighted by molar-refractivity contribution is 7.22. The zero-order valence-electron chi connectivity index (χ0n) is 11.7. The second-order valence-corrected chi connectivity index (χ2v) is 6.38.